The third kappa shape index (κ3) is 3.20. The lowest BCUT2D eigenvalue weighted by atomic mass is 10.1. The number of carbonyl (C=O) groups excluding carboxylic acids is 1. The Morgan fingerprint density at radius 3 is 2.95 bits per heavy atom. The summed E-state index contributed by atoms with van der Waals surface area (Å²) in [6, 6.07) is 3.89. The first-order valence-electron chi connectivity index (χ1n) is 6.41. The van der Waals surface area contributed by atoms with Gasteiger partial charge in [-0.1, -0.05) is 6.92 Å². The average molecular weight is 277 g/mol. The Bertz CT molecular complexity index is 610. The van der Waals surface area contributed by atoms with Crippen LogP contribution < -0.4 is 4.74 Å². The molecule has 0 saturated carbocycles. The number of ketones is 1. The van der Waals surface area contributed by atoms with Crippen LogP contribution in [-0.2, 0) is 13.2 Å². The third-order valence-electron chi connectivity index (χ3n) is 2.81. The summed E-state index contributed by atoms with van der Waals surface area (Å²) in [5.74, 6) is 0.321. The van der Waals surface area contributed by atoms with Gasteiger partial charge in [-0.15, -0.1) is 0 Å². The SMILES string of the molecule is CCCn1ncnc1COc1ccc(F)cc1C(C)=O. The molecule has 0 aliphatic carbocycles. The maximum Gasteiger partial charge on any atom is 0.164 e. The molecule has 6 heteroatoms. The first-order chi connectivity index (χ1) is 9.61. The highest BCUT2D eigenvalue weighted by atomic mass is 19.1. The largest absolute Gasteiger partial charge is 0.485 e. The Kier molecular flexibility index (Phi) is 4.45. The number of halogens is 1. The Morgan fingerprint density at radius 2 is 2.25 bits per heavy atom. The second kappa shape index (κ2) is 6.27. The Balaban J connectivity index is 2.14. The Morgan fingerprint density at radius 1 is 1.45 bits per heavy atom. The molecular weight excluding hydrogens is 261 g/mol. The van der Waals surface area contributed by atoms with Crippen LogP contribution in [0.3, 0.4) is 0 Å². The summed E-state index contributed by atoms with van der Waals surface area (Å²) >= 11 is 0. The van der Waals surface area contributed by atoms with Gasteiger partial charge in [0.1, 0.15) is 24.5 Å². The van der Waals surface area contributed by atoms with Crippen LogP contribution in [0.15, 0.2) is 24.5 Å². The van der Waals surface area contributed by atoms with Gasteiger partial charge >= 0.3 is 0 Å². The van der Waals surface area contributed by atoms with Gasteiger partial charge in [-0.05, 0) is 31.5 Å². The van der Waals surface area contributed by atoms with Crippen LogP contribution in [0.2, 0.25) is 0 Å². The summed E-state index contributed by atoms with van der Waals surface area (Å²) in [4.78, 5) is 15.6. The highest BCUT2D eigenvalue weighted by molar-refractivity contribution is 5.96. The van der Waals surface area contributed by atoms with Crippen molar-refractivity contribution in [3.05, 3.63) is 41.7 Å². The fourth-order valence-corrected chi connectivity index (χ4v) is 1.84. The lowest BCUT2D eigenvalue weighted by molar-refractivity contribution is 0.101. The second-order valence-electron chi connectivity index (χ2n) is 4.38. The number of hydrogen-bond donors (Lipinski definition) is 0. The summed E-state index contributed by atoms with van der Waals surface area (Å²) in [5.41, 5.74) is 0.228. The van der Waals surface area contributed by atoms with E-state index in [9.17, 15) is 9.18 Å². The van der Waals surface area contributed by atoms with Crippen molar-refractivity contribution in [3.63, 3.8) is 0 Å². The molecule has 1 aromatic heterocycles. The number of aromatic nitrogens is 3. The topological polar surface area (TPSA) is 57.0 Å². The van der Waals surface area contributed by atoms with Crippen LogP contribution in [0.25, 0.3) is 0 Å². The molecule has 106 valence electrons. The van der Waals surface area contributed by atoms with Crippen LogP contribution in [0.5, 0.6) is 5.75 Å². The van der Waals surface area contributed by atoms with Crippen molar-refractivity contribution < 1.29 is 13.9 Å². The van der Waals surface area contributed by atoms with Crippen molar-refractivity contribution in [2.75, 3.05) is 0 Å². The molecule has 0 fully saturated rings. The summed E-state index contributed by atoms with van der Waals surface area (Å²) < 4.78 is 20.5. The van der Waals surface area contributed by atoms with Gasteiger partial charge in [-0.2, -0.15) is 5.10 Å². The lowest BCUT2D eigenvalue weighted by Gasteiger charge is -2.10. The molecule has 0 aliphatic rings. The Hall–Kier alpha value is -2.24. The van der Waals surface area contributed by atoms with Crippen LogP contribution in [-0.4, -0.2) is 20.5 Å². The van der Waals surface area contributed by atoms with Gasteiger partial charge in [0.15, 0.2) is 11.6 Å². The zero-order valence-electron chi connectivity index (χ0n) is 11.5. The van der Waals surface area contributed by atoms with E-state index in [0.717, 1.165) is 13.0 Å². The molecular formula is C14H16FN3O2. The summed E-state index contributed by atoms with van der Waals surface area (Å²) in [6.07, 6.45) is 2.40. The maximum absolute atomic E-state index is 13.2. The Labute approximate surface area is 116 Å². The summed E-state index contributed by atoms with van der Waals surface area (Å²) in [6.45, 7) is 4.36. The number of ether oxygens (including phenoxy) is 1. The predicted octanol–water partition coefficient (Wildman–Crippen LogP) is 2.61. The predicted molar refractivity (Wildman–Crippen MR) is 71.0 cm³/mol. The summed E-state index contributed by atoms with van der Waals surface area (Å²) in [7, 11) is 0. The fourth-order valence-electron chi connectivity index (χ4n) is 1.84. The molecule has 0 aliphatic heterocycles. The molecule has 0 unspecified atom stereocenters. The molecule has 20 heavy (non-hydrogen) atoms. The molecule has 0 N–H and O–H groups in total. The van der Waals surface area contributed by atoms with Crippen molar-refractivity contribution in [2.24, 2.45) is 0 Å². The van der Waals surface area contributed by atoms with E-state index in [1.54, 1.807) is 4.68 Å². The molecule has 0 atom stereocenters. The van der Waals surface area contributed by atoms with Crippen LogP contribution >= 0.6 is 0 Å². The molecule has 1 aromatic carbocycles. The number of aryl methyl sites for hydroxylation is 1. The van der Waals surface area contributed by atoms with Gasteiger partial charge in [0.05, 0.1) is 5.56 Å². The monoisotopic (exact) mass is 277 g/mol. The van der Waals surface area contributed by atoms with Gasteiger partial charge in [0.25, 0.3) is 0 Å². The molecule has 0 bridgehead atoms. The zero-order chi connectivity index (χ0) is 14.5. The molecule has 0 amide bonds. The number of rotatable bonds is 6. The number of nitrogens with zero attached hydrogens (tertiary/aromatic N) is 3. The first-order valence-corrected chi connectivity index (χ1v) is 6.41. The van der Waals surface area contributed by atoms with E-state index in [1.165, 1.54) is 31.5 Å². The summed E-state index contributed by atoms with van der Waals surface area (Å²) in [5, 5.41) is 4.09. The molecule has 0 radical (unpaired) electrons. The minimum atomic E-state index is -0.461. The van der Waals surface area contributed by atoms with E-state index >= 15 is 0 Å². The lowest BCUT2D eigenvalue weighted by Crippen LogP contribution is -2.09. The fraction of sp³-hybridized carbons (Fsp3) is 0.357. The maximum atomic E-state index is 13.2. The number of Topliss-reactive ketones (excluding diaryl/α,β-unsaturated/α-hetero) is 1. The van der Waals surface area contributed by atoms with Crippen LogP contribution in [0.4, 0.5) is 4.39 Å². The highest BCUT2D eigenvalue weighted by Crippen LogP contribution is 2.21. The molecule has 2 rings (SSSR count). The average Bonchev–Trinajstić information content (AvgIpc) is 2.85. The van der Waals surface area contributed by atoms with E-state index in [2.05, 4.69) is 10.1 Å². The van der Waals surface area contributed by atoms with Gasteiger partial charge in [-0.3, -0.25) is 4.79 Å². The van der Waals surface area contributed by atoms with Gasteiger partial charge in [-0.25, -0.2) is 14.1 Å². The molecule has 0 spiro atoms. The minimum absolute atomic E-state index is 0.186. The van der Waals surface area contributed by atoms with E-state index < -0.39 is 5.82 Å². The molecule has 0 saturated heterocycles. The van der Waals surface area contributed by atoms with Crippen molar-refractivity contribution in [1.29, 1.82) is 0 Å². The number of hydrogen-bond acceptors (Lipinski definition) is 4. The standard InChI is InChI=1S/C14H16FN3O2/c1-3-6-18-14(16-9-17-18)8-20-13-5-4-11(15)7-12(13)10(2)19/h4-5,7,9H,3,6,8H2,1-2H3. The van der Waals surface area contributed by atoms with Crippen molar-refractivity contribution >= 4 is 5.78 Å². The van der Waals surface area contributed by atoms with Crippen molar-refractivity contribution in [2.45, 2.75) is 33.4 Å². The van der Waals surface area contributed by atoms with Crippen LogP contribution in [0, 0.1) is 5.82 Å². The highest BCUT2D eigenvalue weighted by Gasteiger charge is 2.11. The van der Waals surface area contributed by atoms with Gasteiger partial charge < -0.3 is 4.74 Å². The van der Waals surface area contributed by atoms with E-state index in [0.29, 0.717) is 11.6 Å². The second-order valence-corrected chi connectivity index (χ2v) is 4.38. The number of carbonyl (C=O) groups is 1. The van der Waals surface area contributed by atoms with Crippen LogP contribution in [0.1, 0.15) is 36.5 Å². The molecule has 5 nitrogen and oxygen atoms in total. The third-order valence-corrected chi connectivity index (χ3v) is 2.81. The normalized spacial score (nSPS) is 10.6. The quantitative estimate of drug-likeness (QED) is 0.762. The zero-order valence-corrected chi connectivity index (χ0v) is 11.5. The van der Waals surface area contributed by atoms with E-state index in [-0.39, 0.29) is 18.0 Å². The molecule has 2 aromatic rings. The molecule has 1 heterocycles. The van der Waals surface area contributed by atoms with Crippen molar-refractivity contribution in [3.8, 4) is 5.75 Å². The van der Waals surface area contributed by atoms with E-state index in [4.69, 9.17) is 4.74 Å². The van der Waals surface area contributed by atoms with Gasteiger partial charge in [0, 0.05) is 6.54 Å². The van der Waals surface area contributed by atoms with Gasteiger partial charge in [0.2, 0.25) is 0 Å². The van der Waals surface area contributed by atoms with Crippen molar-refractivity contribution in [1.82, 2.24) is 14.8 Å². The first kappa shape index (κ1) is 14.2. The number of benzene rings is 1. The van der Waals surface area contributed by atoms with E-state index in [1.807, 2.05) is 6.92 Å². The smallest absolute Gasteiger partial charge is 0.164 e. The minimum Gasteiger partial charge on any atom is -0.485 e.